The van der Waals surface area contributed by atoms with Gasteiger partial charge in [-0.15, -0.1) is 0 Å². The van der Waals surface area contributed by atoms with Crippen LogP contribution < -0.4 is 11.3 Å². The monoisotopic (exact) mass is 292 g/mol. The third-order valence-electron chi connectivity index (χ3n) is 5.47. The van der Waals surface area contributed by atoms with Crippen LogP contribution in [0.4, 0.5) is 0 Å². The minimum absolute atomic E-state index is 0.0939. The molecule has 1 aromatic rings. The molecule has 2 aliphatic carbocycles. The van der Waals surface area contributed by atoms with Gasteiger partial charge >= 0.3 is 0 Å². The highest BCUT2D eigenvalue weighted by atomic mass is 16.5. The van der Waals surface area contributed by atoms with Crippen molar-refractivity contribution in [2.45, 2.75) is 75.5 Å². The van der Waals surface area contributed by atoms with Crippen LogP contribution in [0.3, 0.4) is 0 Å². The standard InChI is InChI=1S/C16H28N4O/c1-21-16(9-5-10-16)15(18-17)12-13-8-11-20(19-13)14-6-3-2-4-7-14/h8,11,14-15,18H,2-7,9-10,12,17H2,1H3. The highest BCUT2D eigenvalue weighted by Gasteiger charge is 2.44. The Bertz CT molecular complexity index is 443. The van der Waals surface area contributed by atoms with E-state index in [1.165, 1.54) is 38.5 Å². The van der Waals surface area contributed by atoms with Crippen LogP contribution in [0.5, 0.6) is 0 Å². The molecule has 2 fully saturated rings. The van der Waals surface area contributed by atoms with Gasteiger partial charge in [-0.2, -0.15) is 5.10 Å². The van der Waals surface area contributed by atoms with Gasteiger partial charge in [-0.05, 0) is 38.2 Å². The van der Waals surface area contributed by atoms with E-state index in [-0.39, 0.29) is 11.6 Å². The fourth-order valence-electron chi connectivity index (χ4n) is 3.86. The van der Waals surface area contributed by atoms with Gasteiger partial charge in [-0.25, -0.2) is 0 Å². The van der Waals surface area contributed by atoms with E-state index in [4.69, 9.17) is 15.7 Å². The maximum atomic E-state index is 5.78. The predicted octanol–water partition coefficient (Wildman–Crippen LogP) is 2.33. The quantitative estimate of drug-likeness (QED) is 0.624. The third kappa shape index (κ3) is 3.00. The van der Waals surface area contributed by atoms with Crippen molar-refractivity contribution in [3.8, 4) is 0 Å². The summed E-state index contributed by atoms with van der Waals surface area (Å²) in [7, 11) is 1.80. The molecule has 5 heteroatoms. The van der Waals surface area contributed by atoms with Crippen molar-refractivity contribution in [2.75, 3.05) is 7.11 Å². The van der Waals surface area contributed by atoms with E-state index >= 15 is 0 Å². The second kappa shape index (κ2) is 6.46. The van der Waals surface area contributed by atoms with Crippen molar-refractivity contribution >= 4 is 0 Å². The Labute approximate surface area is 127 Å². The van der Waals surface area contributed by atoms with E-state index < -0.39 is 0 Å². The minimum atomic E-state index is -0.0939. The van der Waals surface area contributed by atoms with Crippen LogP contribution >= 0.6 is 0 Å². The molecule has 0 spiro atoms. The summed E-state index contributed by atoms with van der Waals surface area (Å²) in [6.45, 7) is 0. The van der Waals surface area contributed by atoms with Crippen LogP contribution in [0.2, 0.25) is 0 Å². The van der Waals surface area contributed by atoms with Gasteiger partial charge in [-0.3, -0.25) is 16.0 Å². The van der Waals surface area contributed by atoms with Crippen molar-refractivity contribution in [2.24, 2.45) is 5.84 Å². The summed E-state index contributed by atoms with van der Waals surface area (Å²) in [4.78, 5) is 0. The lowest BCUT2D eigenvalue weighted by atomic mass is 9.73. The van der Waals surface area contributed by atoms with E-state index in [1.807, 2.05) is 0 Å². The lowest BCUT2D eigenvalue weighted by Gasteiger charge is -2.46. The molecular formula is C16H28N4O. The Morgan fingerprint density at radius 2 is 2.14 bits per heavy atom. The molecule has 1 aromatic heterocycles. The molecule has 0 saturated heterocycles. The second-order valence-corrected chi connectivity index (χ2v) is 6.62. The molecule has 1 heterocycles. The zero-order valence-electron chi connectivity index (χ0n) is 13.1. The summed E-state index contributed by atoms with van der Waals surface area (Å²) >= 11 is 0. The SMILES string of the molecule is COC1(C(Cc2ccn(C3CCCCC3)n2)NN)CCC1. The topological polar surface area (TPSA) is 65.1 Å². The number of rotatable bonds is 6. The Kier molecular flexibility index (Phi) is 4.62. The number of aromatic nitrogens is 2. The van der Waals surface area contributed by atoms with Gasteiger partial charge in [0.1, 0.15) is 0 Å². The van der Waals surface area contributed by atoms with Crippen LogP contribution in [0.15, 0.2) is 12.3 Å². The van der Waals surface area contributed by atoms with Crippen molar-refractivity contribution in [3.63, 3.8) is 0 Å². The first-order valence-electron chi connectivity index (χ1n) is 8.33. The Hall–Kier alpha value is -0.910. The Morgan fingerprint density at radius 3 is 2.71 bits per heavy atom. The molecule has 0 bridgehead atoms. The first kappa shape index (κ1) is 15.0. The largest absolute Gasteiger partial charge is 0.377 e. The zero-order chi connectivity index (χ0) is 14.7. The number of ether oxygens (including phenoxy) is 1. The van der Waals surface area contributed by atoms with E-state index in [9.17, 15) is 0 Å². The summed E-state index contributed by atoms with van der Waals surface area (Å²) in [5.41, 5.74) is 3.98. The number of hydrogen-bond acceptors (Lipinski definition) is 4. The molecule has 118 valence electrons. The zero-order valence-corrected chi connectivity index (χ0v) is 13.1. The molecule has 5 nitrogen and oxygen atoms in total. The number of hydrazine groups is 1. The summed E-state index contributed by atoms with van der Waals surface area (Å²) < 4.78 is 7.91. The second-order valence-electron chi connectivity index (χ2n) is 6.62. The van der Waals surface area contributed by atoms with Gasteiger partial charge in [-0.1, -0.05) is 19.3 Å². The minimum Gasteiger partial charge on any atom is -0.377 e. The van der Waals surface area contributed by atoms with Gasteiger partial charge in [0.2, 0.25) is 0 Å². The molecular weight excluding hydrogens is 264 g/mol. The molecule has 0 radical (unpaired) electrons. The van der Waals surface area contributed by atoms with E-state index in [2.05, 4.69) is 22.4 Å². The number of hydrogen-bond donors (Lipinski definition) is 2. The maximum Gasteiger partial charge on any atom is 0.0848 e. The molecule has 2 aliphatic rings. The van der Waals surface area contributed by atoms with Crippen molar-refractivity contribution in [1.29, 1.82) is 0 Å². The number of nitrogens with two attached hydrogens (primary N) is 1. The van der Waals surface area contributed by atoms with E-state index in [0.717, 1.165) is 25.0 Å². The van der Waals surface area contributed by atoms with Gasteiger partial charge in [0.15, 0.2) is 0 Å². The summed E-state index contributed by atoms with van der Waals surface area (Å²) in [6, 6.07) is 2.88. The van der Waals surface area contributed by atoms with E-state index in [0.29, 0.717) is 6.04 Å². The average Bonchev–Trinajstić information content (AvgIpc) is 2.95. The first-order valence-corrected chi connectivity index (χ1v) is 8.33. The van der Waals surface area contributed by atoms with Gasteiger partial charge in [0, 0.05) is 19.7 Å². The molecule has 3 N–H and O–H groups in total. The molecule has 0 amide bonds. The average molecular weight is 292 g/mol. The molecule has 2 saturated carbocycles. The van der Waals surface area contributed by atoms with Crippen LogP contribution in [0, 0.1) is 0 Å². The van der Waals surface area contributed by atoms with Crippen LogP contribution in [0.25, 0.3) is 0 Å². The third-order valence-corrected chi connectivity index (χ3v) is 5.47. The first-order chi connectivity index (χ1) is 10.3. The molecule has 21 heavy (non-hydrogen) atoms. The number of nitrogens with zero attached hydrogens (tertiary/aromatic N) is 2. The van der Waals surface area contributed by atoms with Crippen LogP contribution in [0.1, 0.15) is 63.1 Å². The molecule has 0 aliphatic heterocycles. The highest BCUT2D eigenvalue weighted by molar-refractivity contribution is 5.08. The lowest BCUT2D eigenvalue weighted by Crippen LogP contribution is -2.59. The summed E-state index contributed by atoms with van der Waals surface area (Å²) in [5, 5.41) is 4.79. The smallest absolute Gasteiger partial charge is 0.0848 e. The number of nitrogens with one attached hydrogen (secondary N) is 1. The molecule has 1 unspecified atom stereocenters. The Morgan fingerprint density at radius 1 is 1.38 bits per heavy atom. The highest BCUT2D eigenvalue weighted by Crippen LogP contribution is 2.39. The van der Waals surface area contributed by atoms with Crippen molar-refractivity contribution in [3.05, 3.63) is 18.0 Å². The summed E-state index contributed by atoms with van der Waals surface area (Å²) in [5.74, 6) is 5.78. The van der Waals surface area contributed by atoms with E-state index in [1.54, 1.807) is 7.11 Å². The molecule has 0 aromatic carbocycles. The number of methoxy groups -OCH3 is 1. The fourth-order valence-corrected chi connectivity index (χ4v) is 3.86. The summed E-state index contributed by atoms with van der Waals surface area (Å²) in [6.07, 6.45) is 12.9. The fraction of sp³-hybridized carbons (Fsp3) is 0.812. The van der Waals surface area contributed by atoms with Crippen molar-refractivity contribution in [1.82, 2.24) is 15.2 Å². The van der Waals surface area contributed by atoms with Crippen LogP contribution in [-0.2, 0) is 11.2 Å². The lowest BCUT2D eigenvalue weighted by molar-refractivity contribution is -0.0984. The van der Waals surface area contributed by atoms with Crippen LogP contribution in [-0.4, -0.2) is 28.5 Å². The normalized spacial score (nSPS) is 23.7. The Balaban J connectivity index is 1.65. The molecule has 1 atom stereocenters. The molecule has 3 rings (SSSR count). The van der Waals surface area contributed by atoms with Gasteiger partial charge in [0.05, 0.1) is 23.4 Å². The van der Waals surface area contributed by atoms with Gasteiger partial charge < -0.3 is 4.74 Å². The maximum absolute atomic E-state index is 5.78. The van der Waals surface area contributed by atoms with Crippen molar-refractivity contribution < 1.29 is 4.74 Å². The van der Waals surface area contributed by atoms with Gasteiger partial charge in [0.25, 0.3) is 0 Å². The predicted molar refractivity (Wildman–Crippen MR) is 82.8 cm³/mol.